The van der Waals surface area contributed by atoms with Gasteiger partial charge in [-0.1, -0.05) is 11.6 Å². The molecule has 3 aromatic rings. The van der Waals surface area contributed by atoms with Crippen LogP contribution < -0.4 is 15.8 Å². The maximum absolute atomic E-state index is 12.4. The molecule has 0 aliphatic heterocycles. The molecular weight excluding hydrogens is 384 g/mol. The number of benzene rings is 2. The number of thiophene rings is 1. The summed E-state index contributed by atoms with van der Waals surface area (Å²) in [5.74, 6) is 0.484. The zero-order valence-corrected chi connectivity index (χ0v) is 16.0. The second-order valence-corrected chi connectivity index (χ2v) is 7.60. The first kappa shape index (κ1) is 18.9. The number of hydrogen-bond donors (Lipinski definition) is 2. The number of carbonyl (C=O) groups excluding carboxylic acids is 2. The summed E-state index contributed by atoms with van der Waals surface area (Å²) < 4.78 is 6.40. The predicted octanol–water partition coefficient (Wildman–Crippen LogP) is 4.78. The minimum atomic E-state index is -0.490. The first-order valence-corrected chi connectivity index (χ1v) is 9.35. The quantitative estimate of drug-likeness (QED) is 0.624. The molecule has 2 amide bonds. The second kappa shape index (κ2) is 8.24. The summed E-state index contributed by atoms with van der Waals surface area (Å²) in [6.07, 6.45) is 0. The maximum Gasteiger partial charge on any atom is 0.251 e. The molecule has 3 rings (SSSR count). The molecule has 0 aliphatic carbocycles. The number of carbonyl (C=O) groups is 2. The highest BCUT2D eigenvalue weighted by molar-refractivity contribution is 7.16. The molecule has 7 heteroatoms. The summed E-state index contributed by atoms with van der Waals surface area (Å²) in [5, 5.41) is 2.94. The highest BCUT2D eigenvalue weighted by Gasteiger charge is 2.13. The van der Waals surface area contributed by atoms with Crippen molar-refractivity contribution >= 4 is 34.8 Å². The van der Waals surface area contributed by atoms with Crippen LogP contribution in [0.15, 0.2) is 60.7 Å². The van der Waals surface area contributed by atoms with Crippen LogP contribution in [0.25, 0.3) is 0 Å². The van der Waals surface area contributed by atoms with Crippen molar-refractivity contribution in [3.63, 3.8) is 0 Å². The van der Waals surface area contributed by atoms with Gasteiger partial charge in [-0.2, -0.15) is 0 Å². The Hall–Kier alpha value is -2.83. The monoisotopic (exact) mass is 400 g/mol. The van der Waals surface area contributed by atoms with Crippen LogP contribution in [0.1, 0.15) is 38.6 Å². The summed E-state index contributed by atoms with van der Waals surface area (Å²) >= 11 is 7.38. The first-order chi connectivity index (χ1) is 12.9. The smallest absolute Gasteiger partial charge is 0.251 e. The van der Waals surface area contributed by atoms with E-state index >= 15 is 0 Å². The summed E-state index contributed by atoms with van der Waals surface area (Å²) in [6.45, 7) is 1.91. The number of primary amides is 1. The maximum atomic E-state index is 12.4. The van der Waals surface area contributed by atoms with Crippen LogP contribution in [0.2, 0.25) is 4.34 Å². The largest absolute Gasteiger partial charge is 0.457 e. The van der Waals surface area contributed by atoms with Crippen LogP contribution in [0.5, 0.6) is 11.5 Å². The number of ether oxygens (including phenoxy) is 1. The van der Waals surface area contributed by atoms with E-state index in [-0.39, 0.29) is 11.9 Å². The Morgan fingerprint density at radius 2 is 1.52 bits per heavy atom. The van der Waals surface area contributed by atoms with Gasteiger partial charge in [-0.25, -0.2) is 0 Å². The zero-order chi connectivity index (χ0) is 19.4. The molecule has 27 heavy (non-hydrogen) atoms. The van der Waals surface area contributed by atoms with Crippen molar-refractivity contribution in [1.82, 2.24) is 5.32 Å². The lowest BCUT2D eigenvalue weighted by Gasteiger charge is -2.12. The third-order valence-corrected chi connectivity index (χ3v) is 5.27. The Labute approximate surface area is 165 Å². The lowest BCUT2D eigenvalue weighted by atomic mass is 10.2. The molecule has 1 aromatic heterocycles. The molecule has 0 bridgehead atoms. The lowest BCUT2D eigenvalue weighted by molar-refractivity contribution is 0.0939. The molecule has 1 atom stereocenters. The van der Waals surface area contributed by atoms with Gasteiger partial charge in [-0.3, -0.25) is 9.59 Å². The number of nitrogens with two attached hydrogens (primary N) is 1. The summed E-state index contributed by atoms with van der Waals surface area (Å²) in [7, 11) is 0. The molecule has 3 N–H and O–H groups in total. The van der Waals surface area contributed by atoms with Gasteiger partial charge in [0.25, 0.3) is 5.91 Å². The fraction of sp³-hybridized carbons (Fsp3) is 0.100. The topological polar surface area (TPSA) is 81.4 Å². The van der Waals surface area contributed by atoms with E-state index in [9.17, 15) is 9.59 Å². The molecule has 0 saturated carbocycles. The summed E-state index contributed by atoms with van der Waals surface area (Å²) in [5.41, 5.74) is 6.15. The van der Waals surface area contributed by atoms with Gasteiger partial charge in [0, 0.05) is 16.0 Å². The van der Waals surface area contributed by atoms with Crippen molar-refractivity contribution in [3.8, 4) is 11.5 Å². The number of hydrogen-bond acceptors (Lipinski definition) is 4. The highest BCUT2D eigenvalue weighted by atomic mass is 35.5. The van der Waals surface area contributed by atoms with Crippen molar-refractivity contribution in [2.45, 2.75) is 13.0 Å². The number of halogens is 1. The average molecular weight is 401 g/mol. The molecule has 0 spiro atoms. The molecule has 0 fully saturated rings. The van der Waals surface area contributed by atoms with Gasteiger partial charge in [-0.05, 0) is 67.6 Å². The lowest BCUT2D eigenvalue weighted by Crippen LogP contribution is -2.25. The van der Waals surface area contributed by atoms with Crippen molar-refractivity contribution in [1.29, 1.82) is 0 Å². The van der Waals surface area contributed by atoms with E-state index in [2.05, 4.69) is 5.32 Å². The molecule has 5 nitrogen and oxygen atoms in total. The number of amides is 2. The van der Waals surface area contributed by atoms with Crippen molar-refractivity contribution in [2.24, 2.45) is 5.73 Å². The fourth-order valence-electron chi connectivity index (χ4n) is 2.41. The van der Waals surface area contributed by atoms with Crippen LogP contribution in [-0.2, 0) is 0 Å². The third kappa shape index (κ3) is 4.87. The normalized spacial score (nSPS) is 11.6. The van der Waals surface area contributed by atoms with Crippen molar-refractivity contribution < 1.29 is 14.3 Å². The van der Waals surface area contributed by atoms with Gasteiger partial charge in [0.2, 0.25) is 5.91 Å². The number of nitrogens with one attached hydrogen (secondary N) is 1. The van der Waals surface area contributed by atoms with E-state index in [1.54, 1.807) is 48.5 Å². The van der Waals surface area contributed by atoms with Crippen LogP contribution in [0.3, 0.4) is 0 Å². The standard InChI is InChI=1S/C20H17ClN2O3S/c1-12(17-10-11-18(21)27-17)23-20(25)14-4-8-16(9-5-14)26-15-6-2-13(3-7-15)19(22)24/h2-12H,1H3,(H2,22,24)(H,23,25). The zero-order valence-electron chi connectivity index (χ0n) is 14.4. The molecule has 138 valence electrons. The second-order valence-electron chi connectivity index (χ2n) is 5.85. The van der Waals surface area contributed by atoms with E-state index in [1.807, 2.05) is 19.1 Å². The van der Waals surface area contributed by atoms with Crippen molar-refractivity contribution in [2.75, 3.05) is 0 Å². The Morgan fingerprint density at radius 1 is 0.963 bits per heavy atom. The molecule has 2 aromatic carbocycles. The Balaban J connectivity index is 1.62. The Morgan fingerprint density at radius 3 is 2.00 bits per heavy atom. The van der Waals surface area contributed by atoms with Crippen molar-refractivity contribution in [3.05, 3.63) is 81.0 Å². The average Bonchev–Trinajstić information content (AvgIpc) is 3.09. The van der Waals surface area contributed by atoms with Gasteiger partial charge >= 0.3 is 0 Å². The van der Waals surface area contributed by atoms with Crippen LogP contribution >= 0.6 is 22.9 Å². The van der Waals surface area contributed by atoms with Gasteiger partial charge < -0.3 is 15.8 Å². The summed E-state index contributed by atoms with van der Waals surface area (Å²) in [4.78, 5) is 24.5. The van der Waals surface area contributed by atoms with Gasteiger partial charge in [0.1, 0.15) is 11.5 Å². The van der Waals surface area contributed by atoms with E-state index in [4.69, 9.17) is 22.1 Å². The molecule has 1 heterocycles. The molecule has 1 unspecified atom stereocenters. The van der Waals surface area contributed by atoms with Crippen LogP contribution in [-0.4, -0.2) is 11.8 Å². The van der Waals surface area contributed by atoms with E-state index < -0.39 is 5.91 Å². The molecule has 0 saturated heterocycles. The van der Waals surface area contributed by atoms with Gasteiger partial charge in [0.05, 0.1) is 10.4 Å². The predicted molar refractivity (Wildman–Crippen MR) is 107 cm³/mol. The third-order valence-electron chi connectivity index (χ3n) is 3.86. The molecular formula is C20H17ClN2O3S. The van der Waals surface area contributed by atoms with Crippen LogP contribution in [0.4, 0.5) is 0 Å². The van der Waals surface area contributed by atoms with E-state index in [0.717, 1.165) is 4.88 Å². The van der Waals surface area contributed by atoms with E-state index in [0.29, 0.717) is 27.0 Å². The Kier molecular flexibility index (Phi) is 5.78. The molecule has 0 radical (unpaired) electrons. The highest BCUT2D eigenvalue weighted by Crippen LogP contribution is 2.27. The van der Waals surface area contributed by atoms with Crippen LogP contribution in [0, 0.1) is 0 Å². The Bertz CT molecular complexity index is 952. The number of rotatable bonds is 6. The molecule has 0 aliphatic rings. The summed E-state index contributed by atoms with van der Waals surface area (Å²) in [6, 6.07) is 16.9. The first-order valence-electron chi connectivity index (χ1n) is 8.16. The van der Waals surface area contributed by atoms with E-state index in [1.165, 1.54) is 11.3 Å². The van der Waals surface area contributed by atoms with Gasteiger partial charge in [-0.15, -0.1) is 11.3 Å². The SMILES string of the molecule is CC(NC(=O)c1ccc(Oc2ccc(C(N)=O)cc2)cc1)c1ccc(Cl)s1. The minimum absolute atomic E-state index is 0.130. The van der Waals surface area contributed by atoms with Gasteiger partial charge in [0.15, 0.2) is 0 Å². The minimum Gasteiger partial charge on any atom is -0.457 e. The fourth-order valence-corrected chi connectivity index (χ4v) is 3.47.